The Morgan fingerprint density at radius 1 is 1.09 bits per heavy atom. The van der Waals surface area contributed by atoms with Crippen LogP contribution in [0.1, 0.15) is 22.8 Å². The predicted molar refractivity (Wildman–Crippen MR) is 83.1 cm³/mol. The van der Waals surface area contributed by atoms with Gasteiger partial charge in [0, 0.05) is 5.69 Å². The zero-order valence-corrected chi connectivity index (χ0v) is 12.7. The number of nitrogens with one attached hydrogen (secondary N) is 2. The van der Waals surface area contributed by atoms with Crippen molar-refractivity contribution in [2.75, 3.05) is 5.32 Å². The summed E-state index contributed by atoms with van der Waals surface area (Å²) < 4.78 is 26.6. The lowest BCUT2D eigenvalue weighted by molar-refractivity contribution is -0.117. The smallest absolute Gasteiger partial charge is 0.254 e. The molecule has 6 heteroatoms. The number of benzene rings is 2. The summed E-state index contributed by atoms with van der Waals surface area (Å²) in [5.41, 5.74) is 0.875. The molecule has 2 N–H and O–H groups in total. The zero-order chi connectivity index (χ0) is 17.0. The number of amides is 2. The van der Waals surface area contributed by atoms with Gasteiger partial charge in [0.25, 0.3) is 5.91 Å². The highest BCUT2D eigenvalue weighted by Gasteiger charge is 2.19. The summed E-state index contributed by atoms with van der Waals surface area (Å²) in [4.78, 5) is 24.1. The first-order valence-electron chi connectivity index (χ1n) is 7.01. The van der Waals surface area contributed by atoms with Gasteiger partial charge in [-0.1, -0.05) is 12.1 Å². The van der Waals surface area contributed by atoms with Crippen LogP contribution in [0, 0.1) is 18.6 Å². The van der Waals surface area contributed by atoms with E-state index in [9.17, 15) is 18.4 Å². The molecular formula is C17H16F2N2O2. The van der Waals surface area contributed by atoms with Gasteiger partial charge in [-0.3, -0.25) is 9.59 Å². The number of carbonyl (C=O) groups excluding carboxylic acids is 2. The molecule has 0 aliphatic rings. The molecular weight excluding hydrogens is 302 g/mol. The number of carbonyl (C=O) groups is 2. The van der Waals surface area contributed by atoms with Crippen LogP contribution < -0.4 is 10.6 Å². The van der Waals surface area contributed by atoms with Gasteiger partial charge in [-0.2, -0.15) is 0 Å². The summed E-state index contributed by atoms with van der Waals surface area (Å²) in [6.45, 7) is 3.13. The third-order valence-corrected chi connectivity index (χ3v) is 3.31. The number of halogens is 2. The molecule has 0 spiro atoms. The van der Waals surface area contributed by atoms with Gasteiger partial charge in [0.05, 0.1) is 5.56 Å². The molecule has 0 fully saturated rings. The average molecular weight is 318 g/mol. The van der Waals surface area contributed by atoms with Crippen molar-refractivity contribution in [1.82, 2.24) is 5.32 Å². The normalized spacial score (nSPS) is 11.7. The van der Waals surface area contributed by atoms with Crippen molar-refractivity contribution < 1.29 is 18.4 Å². The SMILES string of the molecule is Cc1cc(F)ccc1NC(=O)[C@@H](C)NC(=O)c1ccccc1F. The van der Waals surface area contributed by atoms with E-state index < -0.39 is 29.5 Å². The number of hydrogen-bond donors (Lipinski definition) is 2. The average Bonchev–Trinajstić information content (AvgIpc) is 2.50. The minimum atomic E-state index is -0.883. The largest absolute Gasteiger partial charge is 0.340 e. The van der Waals surface area contributed by atoms with Crippen molar-refractivity contribution in [2.24, 2.45) is 0 Å². The summed E-state index contributed by atoms with van der Waals surface area (Å²) in [6, 6.07) is 8.58. The fourth-order valence-corrected chi connectivity index (χ4v) is 1.99. The fraction of sp³-hybridized carbons (Fsp3) is 0.176. The quantitative estimate of drug-likeness (QED) is 0.910. The van der Waals surface area contributed by atoms with Gasteiger partial charge in [0.2, 0.25) is 5.91 Å². The third-order valence-electron chi connectivity index (χ3n) is 3.31. The van der Waals surface area contributed by atoms with E-state index in [1.165, 1.54) is 49.4 Å². The molecule has 0 radical (unpaired) electrons. The first kappa shape index (κ1) is 16.6. The molecule has 0 aromatic heterocycles. The Morgan fingerprint density at radius 3 is 2.43 bits per heavy atom. The molecule has 2 amide bonds. The van der Waals surface area contributed by atoms with Crippen LogP contribution in [-0.4, -0.2) is 17.9 Å². The number of hydrogen-bond acceptors (Lipinski definition) is 2. The highest BCUT2D eigenvalue weighted by molar-refractivity contribution is 6.01. The van der Waals surface area contributed by atoms with Crippen molar-refractivity contribution in [3.8, 4) is 0 Å². The molecule has 2 aromatic rings. The summed E-state index contributed by atoms with van der Waals surface area (Å²) in [6.07, 6.45) is 0. The van der Waals surface area contributed by atoms with Gasteiger partial charge >= 0.3 is 0 Å². The van der Waals surface area contributed by atoms with Crippen LogP contribution in [0.15, 0.2) is 42.5 Å². The third kappa shape index (κ3) is 4.12. The first-order chi connectivity index (χ1) is 10.9. The Morgan fingerprint density at radius 2 is 1.78 bits per heavy atom. The molecule has 2 rings (SSSR count). The molecule has 0 heterocycles. The maximum Gasteiger partial charge on any atom is 0.254 e. The first-order valence-corrected chi connectivity index (χ1v) is 7.01. The summed E-state index contributed by atoms with van der Waals surface area (Å²) in [5, 5.41) is 5.02. The zero-order valence-electron chi connectivity index (χ0n) is 12.7. The van der Waals surface area contributed by atoms with E-state index in [1.807, 2.05) is 0 Å². The van der Waals surface area contributed by atoms with Crippen molar-refractivity contribution in [3.05, 3.63) is 65.2 Å². The second-order valence-electron chi connectivity index (χ2n) is 5.12. The number of anilines is 1. The van der Waals surface area contributed by atoms with E-state index in [0.717, 1.165) is 0 Å². The Labute approximate surface area is 132 Å². The van der Waals surface area contributed by atoms with Crippen molar-refractivity contribution in [2.45, 2.75) is 19.9 Å². The Hall–Kier alpha value is -2.76. The van der Waals surface area contributed by atoms with Crippen LogP contribution in [0.3, 0.4) is 0 Å². The maximum absolute atomic E-state index is 13.5. The number of aryl methyl sites for hydroxylation is 1. The molecule has 0 saturated carbocycles. The molecule has 120 valence electrons. The van der Waals surface area contributed by atoms with Gasteiger partial charge in [0.1, 0.15) is 17.7 Å². The Balaban J connectivity index is 2.03. The molecule has 23 heavy (non-hydrogen) atoms. The molecule has 4 nitrogen and oxygen atoms in total. The lowest BCUT2D eigenvalue weighted by atomic mass is 10.1. The molecule has 1 atom stereocenters. The number of rotatable bonds is 4. The molecule has 0 aliphatic carbocycles. The maximum atomic E-state index is 13.5. The van der Waals surface area contributed by atoms with E-state index >= 15 is 0 Å². The molecule has 0 saturated heterocycles. The van der Waals surface area contributed by atoms with E-state index in [0.29, 0.717) is 11.3 Å². The molecule has 0 aliphatic heterocycles. The van der Waals surface area contributed by atoms with Gasteiger partial charge in [0.15, 0.2) is 0 Å². The van der Waals surface area contributed by atoms with Crippen LogP contribution in [0.4, 0.5) is 14.5 Å². The monoisotopic (exact) mass is 318 g/mol. The minimum Gasteiger partial charge on any atom is -0.340 e. The van der Waals surface area contributed by atoms with E-state index in [2.05, 4.69) is 10.6 Å². The molecule has 0 bridgehead atoms. The fourth-order valence-electron chi connectivity index (χ4n) is 1.99. The minimum absolute atomic E-state index is 0.134. The topological polar surface area (TPSA) is 58.2 Å². The molecule has 0 unspecified atom stereocenters. The van der Waals surface area contributed by atoms with Gasteiger partial charge < -0.3 is 10.6 Å². The van der Waals surface area contributed by atoms with E-state index in [-0.39, 0.29) is 5.56 Å². The Bertz CT molecular complexity index is 747. The van der Waals surface area contributed by atoms with Crippen molar-refractivity contribution >= 4 is 17.5 Å². The lowest BCUT2D eigenvalue weighted by Gasteiger charge is -2.15. The van der Waals surface area contributed by atoms with Gasteiger partial charge in [-0.15, -0.1) is 0 Å². The van der Waals surface area contributed by atoms with Gasteiger partial charge in [-0.05, 0) is 49.7 Å². The summed E-state index contributed by atoms with van der Waals surface area (Å²) in [5.74, 6) is -2.22. The lowest BCUT2D eigenvalue weighted by Crippen LogP contribution is -2.42. The van der Waals surface area contributed by atoms with E-state index in [4.69, 9.17) is 0 Å². The summed E-state index contributed by atoms with van der Waals surface area (Å²) >= 11 is 0. The second kappa shape index (κ2) is 7.00. The van der Waals surface area contributed by atoms with Crippen molar-refractivity contribution in [3.63, 3.8) is 0 Å². The van der Waals surface area contributed by atoms with Crippen LogP contribution in [0.25, 0.3) is 0 Å². The van der Waals surface area contributed by atoms with Crippen molar-refractivity contribution in [1.29, 1.82) is 0 Å². The van der Waals surface area contributed by atoms with Crippen LogP contribution in [0.2, 0.25) is 0 Å². The summed E-state index contributed by atoms with van der Waals surface area (Å²) in [7, 11) is 0. The Kier molecular flexibility index (Phi) is 5.05. The van der Waals surface area contributed by atoms with Crippen LogP contribution in [-0.2, 0) is 4.79 Å². The second-order valence-corrected chi connectivity index (χ2v) is 5.12. The predicted octanol–water partition coefficient (Wildman–Crippen LogP) is 3.03. The van der Waals surface area contributed by atoms with Crippen LogP contribution >= 0.6 is 0 Å². The molecule has 2 aromatic carbocycles. The standard InChI is InChI=1S/C17H16F2N2O2/c1-10-9-12(18)7-8-15(10)21-16(22)11(2)20-17(23)13-5-3-4-6-14(13)19/h3-9,11H,1-2H3,(H,20,23)(H,21,22)/t11-/m1/s1. The van der Waals surface area contributed by atoms with E-state index in [1.54, 1.807) is 6.92 Å². The highest BCUT2D eigenvalue weighted by Crippen LogP contribution is 2.16. The van der Waals surface area contributed by atoms with Gasteiger partial charge in [-0.25, -0.2) is 8.78 Å². The highest BCUT2D eigenvalue weighted by atomic mass is 19.1. The van der Waals surface area contributed by atoms with Crippen LogP contribution in [0.5, 0.6) is 0 Å².